The Bertz CT molecular complexity index is 1110. The van der Waals surface area contributed by atoms with Gasteiger partial charge in [-0.05, 0) is 24.3 Å². The van der Waals surface area contributed by atoms with Crippen LogP contribution < -0.4 is 10.6 Å². The molecule has 0 atom stereocenters. The second kappa shape index (κ2) is 9.37. The fraction of sp³-hybridized carbons (Fsp3) is 0.0588. The van der Waals surface area contributed by atoms with Crippen LogP contribution in [0, 0.1) is 21.7 Å². The highest BCUT2D eigenvalue weighted by atomic mass is 32.2. The Kier molecular flexibility index (Phi) is 6.64. The molecule has 30 heavy (non-hydrogen) atoms. The lowest BCUT2D eigenvalue weighted by Crippen LogP contribution is -2.15. The quantitative estimate of drug-likeness (QED) is 0.243. The Morgan fingerprint density at radius 3 is 2.50 bits per heavy atom. The van der Waals surface area contributed by atoms with Gasteiger partial charge in [-0.3, -0.25) is 25.0 Å². The lowest BCUT2D eigenvalue weighted by molar-refractivity contribution is -0.384. The first-order valence-electron chi connectivity index (χ1n) is 8.09. The maximum atomic E-state index is 13.5. The van der Waals surface area contributed by atoms with Crippen molar-refractivity contribution in [3.63, 3.8) is 0 Å². The van der Waals surface area contributed by atoms with Gasteiger partial charge in [0.2, 0.25) is 11.0 Å². The van der Waals surface area contributed by atoms with Crippen LogP contribution in [0.25, 0.3) is 0 Å². The van der Waals surface area contributed by atoms with E-state index in [1.165, 1.54) is 24.3 Å². The molecule has 2 aromatic carbocycles. The lowest BCUT2D eigenvalue weighted by Gasteiger charge is -2.05. The van der Waals surface area contributed by atoms with Crippen LogP contribution in [0.3, 0.4) is 0 Å². The minimum absolute atomic E-state index is 0.109. The van der Waals surface area contributed by atoms with E-state index in [9.17, 15) is 28.5 Å². The summed E-state index contributed by atoms with van der Waals surface area (Å²) < 4.78 is 26.8. The van der Waals surface area contributed by atoms with Crippen LogP contribution in [0.4, 0.5) is 25.3 Å². The topological polar surface area (TPSA) is 127 Å². The Hall–Kier alpha value is -3.45. The fourth-order valence-corrected chi connectivity index (χ4v) is 3.67. The average molecular weight is 451 g/mol. The molecule has 13 heteroatoms. The van der Waals surface area contributed by atoms with Gasteiger partial charge in [-0.2, -0.15) is 0 Å². The standard InChI is InChI=1S/C17H11F2N5O4S2/c18-10-3-6-13(12(19)7-10)20-14(25)8-29-17-23-22-16(30-17)21-15(26)9-1-4-11(5-2-9)24(27)28/h1-7H,8H2,(H,20,25)(H,21,22,26). The molecule has 0 aliphatic rings. The first-order chi connectivity index (χ1) is 14.3. The number of rotatable bonds is 7. The highest BCUT2D eigenvalue weighted by Gasteiger charge is 2.14. The van der Waals surface area contributed by atoms with Gasteiger partial charge in [-0.25, -0.2) is 8.78 Å². The van der Waals surface area contributed by atoms with Gasteiger partial charge >= 0.3 is 0 Å². The zero-order chi connectivity index (χ0) is 21.7. The number of amides is 2. The van der Waals surface area contributed by atoms with Crippen molar-refractivity contribution in [2.45, 2.75) is 4.34 Å². The van der Waals surface area contributed by atoms with Gasteiger partial charge < -0.3 is 5.32 Å². The lowest BCUT2D eigenvalue weighted by atomic mass is 10.2. The molecule has 0 fully saturated rings. The summed E-state index contributed by atoms with van der Waals surface area (Å²) in [5, 5.41) is 23.3. The highest BCUT2D eigenvalue weighted by Crippen LogP contribution is 2.26. The third-order valence-corrected chi connectivity index (χ3v) is 5.47. The maximum Gasteiger partial charge on any atom is 0.269 e. The van der Waals surface area contributed by atoms with Crippen LogP contribution in [0.1, 0.15) is 10.4 Å². The second-order valence-electron chi connectivity index (χ2n) is 5.59. The molecule has 0 aliphatic heterocycles. The largest absolute Gasteiger partial charge is 0.323 e. The summed E-state index contributed by atoms with van der Waals surface area (Å²) >= 11 is 2.03. The van der Waals surface area contributed by atoms with Gasteiger partial charge in [0.05, 0.1) is 16.4 Å². The molecule has 3 aromatic rings. The molecule has 1 aromatic heterocycles. The number of halogens is 2. The Morgan fingerprint density at radius 2 is 1.83 bits per heavy atom. The molecule has 0 saturated carbocycles. The Labute approximate surface area is 175 Å². The molecule has 3 rings (SSSR count). The van der Waals surface area contributed by atoms with Gasteiger partial charge in [0, 0.05) is 23.8 Å². The van der Waals surface area contributed by atoms with Gasteiger partial charge in [0.1, 0.15) is 11.6 Å². The summed E-state index contributed by atoms with van der Waals surface area (Å²) in [6.07, 6.45) is 0. The maximum absolute atomic E-state index is 13.5. The van der Waals surface area contributed by atoms with E-state index < -0.39 is 28.4 Å². The van der Waals surface area contributed by atoms with E-state index in [0.29, 0.717) is 10.4 Å². The molecule has 154 valence electrons. The number of nitro benzene ring substituents is 1. The number of anilines is 2. The SMILES string of the molecule is O=C(CSc1nnc(NC(=O)c2ccc([N+](=O)[O-])cc2)s1)Nc1ccc(F)cc1F. The molecule has 0 saturated heterocycles. The summed E-state index contributed by atoms with van der Waals surface area (Å²) in [4.78, 5) is 34.1. The number of nitro groups is 1. The molecular formula is C17H11F2N5O4S2. The van der Waals surface area contributed by atoms with Gasteiger partial charge in [-0.1, -0.05) is 23.1 Å². The van der Waals surface area contributed by atoms with Gasteiger partial charge in [0.25, 0.3) is 11.6 Å². The summed E-state index contributed by atoms with van der Waals surface area (Å²) in [6.45, 7) is 0. The van der Waals surface area contributed by atoms with E-state index in [-0.39, 0.29) is 27.8 Å². The molecule has 0 unspecified atom stereocenters. The molecule has 0 radical (unpaired) electrons. The molecule has 9 nitrogen and oxygen atoms in total. The van der Waals surface area contributed by atoms with Crippen LogP contribution in [0.15, 0.2) is 46.8 Å². The number of nitrogens with one attached hydrogen (secondary N) is 2. The average Bonchev–Trinajstić information content (AvgIpc) is 3.16. The fourth-order valence-electron chi connectivity index (χ4n) is 2.13. The third kappa shape index (κ3) is 5.55. The second-order valence-corrected chi connectivity index (χ2v) is 7.79. The van der Waals surface area contributed by atoms with Crippen LogP contribution in [0.5, 0.6) is 0 Å². The number of carbonyl (C=O) groups excluding carboxylic acids is 2. The third-order valence-electron chi connectivity index (χ3n) is 3.50. The minimum atomic E-state index is -0.888. The molecule has 1 heterocycles. The van der Waals surface area contributed by atoms with E-state index in [4.69, 9.17) is 0 Å². The molecule has 0 bridgehead atoms. The van der Waals surface area contributed by atoms with E-state index in [1.54, 1.807) is 0 Å². The first kappa shape index (κ1) is 21.3. The number of carbonyl (C=O) groups is 2. The summed E-state index contributed by atoms with van der Waals surface area (Å²) in [7, 11) is 0. The predicted octanol–water partition coefficient (Wildman–Crippen LogP) is 3.71. The minimum Gasteiger partial charge on any atom is -0.323 e. The zero-order valence-electron chi connectivity index (χ0n) is 14.8. The van der Waals surface area contributed by atoms with Crippen LogP contribution in [-0.2, 0) is 4.79 Å². The van der Waals surface area contributed by atoms with Crippen molar-refractivity contribution < 1.29 is 23.3 Å². The number of nitrogens with zero attached hydrogens (tertiary/aromatic N) is 3. The summed E-state index contributed by atoms with van der Waals surface area (Å²) in [5.74, 6) is -2.81. The Balaban J connectivity index is 1.52. The molecule has 0 aliphatic carbocycles. The number of hydrogen-bond donors (Lipinski definition) is 2. The Morgan fingerprint density at radius 1 is 1.10 bits per heavy atom. The number of thioether (sulfide) groups is 1. The monoisotopic (exact) mass is 451 g/mol. The van der Waals surface area contributed by atoms with Crippen LogP contribution in [0.2, 0.25) is 0 Å². The van der Waals surface area contributed by atoms with Crippen molar-refractivity contribution >= 4 is 51.4 Å². The van der Waals surface area contributed by atoms with Crippen molar-refractivity contribution in [1.29, 1.82) is 0 Å². The zero-order valence-corrected chi connectivity index (χ0v) is 16.4. The molecule has 2 amide bonds. The van der Waals surface area contributed by atoms with E-state index in [1.807, 2.05) is 0 Å². The van der Waals surface area contributed by atoms with E-state index in [2.05, 4.69) is 20.8 Å². The summed E-state index contributed by atoms with van der Waals surface area (Å²) in [6, 6.07) is 7.83. The van der Waals surface area contributed by atoms with Crippen molar-refractivity contribution in [2.24, 2.45) is 0 Å². The molecule has 2 N–H and O–H groups in total. The number of hydrogen-bond acceptors (Lipinski definition) is 8. The molecule has 0 spiro atoms. The number of aromatic nitrogens is 2. The van der Waals surface area contributed by atoms with E-state index in [0.717, 1.165) is 35.2 Å². The van der Waals surface area contributed by atoms with Gasteiger partial charge in [0.15, 0.2) is 4.34 Å². The molecular weight excluding hydrogens is 440 g/mol. The van der Waals surface area contributed by atoms with Crippen LogP contribution in [-0.4, -0.2) is 32.7 Å². The highest BCUT2D eigenvalue weighted by molar-refractivity contribution is 8.01. The smallest absolute Gasteiger partial charge is 0.269 e. The van der Waals surface area contributed by atoms with Crippen LogP contribution >= 0.6 is 23.1 Å². The van der Waals surface area contributed by atoms with Crippen molar-refractivity contribution in [3.8, 4) is 0 Å². The van der Waals surface area contributed by atoms with Crippen molar-refractivity contribution in [1.82, 2.24) is 10.2 Å². The van der Waals surface area contributed by atoms with E-state index >= 15 is 0 Å². The van der Waals surface area contributed by atoms with Gasteiger partial charge in [-0.15, -0.1) is 10.2 Å². The number of benzene rings is 2. The first-order valence-corrected chi connectivity index (χ1v) is 9.89. The van der Waals surface area contributed by atoms with Crippen molar-refractivity contribution in [2.75, 3.05) is 16.4 Å². The summed E-state index contributed by atoms with van der Waals surface area (Å²) in [5.41, 5.74) is -0.0824. The predicted molar refractivity (Wildman–Crippen MR) is 107 cm³/mol. The normalized spacial score (nSPS) is 10.5. The van der Waals surface area contributed by atoms with Crippen molar-refractivity contribution in [3.05, 3.63) is 69.8 Å². The number of non-ortho nitro benzene ring substituents is 1.